The van der Waals surface area contributed by atoms with Crippen molar-refractivity contribution in [2.45, 2.75) is 4.90 Å². The van der Waals surface area contributed by atoms with Crippen LogP contribution in [-0.4, -0.2) is 4.92 Å². The molecule has 14 heavy (non-hydrogen) atoms. The van der Waals surface area contributed by atoms with Crippen LogP contribution >= 0.6 is 24.0 Å². The number of thiophene rings is 1. The molecule has 0 saturated heterocycles. The van der Waals surface area contributed by atoms with Crippen LogP contribution in [0.5, 0.6) is 0 Å². The molecule has 2 rings (SSSR count). The molecule has 2 N–H and O–H groups in total. The third-order valence-corrected chi connectivity index (χ3v) is 3.23. The molecule has 72 valence electrons. The zero-order valence-corrected chi connectivity index (χ0v) is 8.64. The molecule has 0 fully saturated rings. The maximum Gasteiger partial charge on any atom is 0.305 e. The maximum atomic E-state index is 10.7. The fourth-order valence-corrected chi connectivity index (χ4v) is 2.62. The normalized spacial score (nSPS) is 10.6. The summed E-state index contributed by atoms with van der Waals surface area (Å²) in [4.78, 5) is 10.5. The summed E-state index contributed by atoms with van der Waals surface area (Å²) >= 11 is 5.61. The molecule has 0 spiro atoms. The summed E-state index contributed by atoms with van der Waals surface area (Å²) in [5, 5.41) is 13.3. The van der Waals surface area contributed by atoms with Crippen molar-refractivity contribution in [3.63, 3.8) is 0 Å². The van der Waals surface area contributed by atoms with Gasteiger partial charge in [-0.05, 0) is 17.5 Å². The van der Waals surface area contributed by atoms with Gasteiger partial charge >= 0.3 is 5.69 Å². The van der Waals surface area contributed by atoms with Crippen LogP contribution in [0.3, 0.4) is 0 Å². The van der Waals surface area contributed by atoms with E-state index in [4.69, 9.17) is 5.73 Å². The lowest BCUT2D eigenvalue weighted by molar-refractivity contribution is -0.386. The first-order valence-corrected chi connectivity index (χ1v) is 5.07. The first-order valence-electron chi connectivity index (χ1n) is 3.74. The minimum atomic E-state index is -0.505. The van der Waals surface area contributed by atoms with Crippen molar-refractivity contribution in [1.29, 1.82) is 0 Å². The average molecular weight is 226 g/mol. The molecule has 0 aliphatic carbocycles. The van der Waals surface area contributed by atoms with Gasteiger partial charge in [0.25, 0.3) is 0 Å². The van der Waals surface area contributed by atoms with E-state index in [0.29, 0.717) is 4.90 Å². The summed E-state index contributed by atoms with van der Waals surface area (Å²) in [6.07, 6.45) is 0. The predicted molar refractivity (Wildman–Crippen MR) is 60.1 cm³/mol. The summed E-state index contributed by atoms with van der Waals surface area (Å²) in [6.45, 7) is 0. The summed E-state index contributed by atoms with van der Waals surface area (Å²) < 4.78 is 0.915. The highest BCUT2D eigenvalue weighted by Crippen LogP contribution is 2.38. The van der Waals surface area contributed by atoms with Crippen molar-refractivity contribution in [3.05, 3.63) is 27.6 Å². The number of nitro groups is 1. The van der Waals surface area contributed by atoms with Gasteiger partial charge in [-0.15, -0.1) is 24.0 Å². The number of benzene rings is 1. The second kappa shape index (κ2) is 3.14. The molecule has 0 amide bonds. The van der Waals surface area contributed by atoms with Gasteiger partial charge in [0.1, 0.15) is 5.69 Å². The van der Waals surface area contributed by atoms with Gasteiger partial charge in [-0.3, -0.25) is 10.1 Å². The fourth-order valence-electron chi connectivity index (χ4n) is 1.29. The van der Waals surface area contributed by atoms with Gasteiger partial charge < -0.3 is 5.73 Å². The molecular weight excluding hydrogens is 220 g/mol. The zero-order chi connectivity index (χ0) is 10.3. The third kappa shape index (κ3) is 1.23. The second-order valence-corrected chi connectivity index (χ2v) is 4.15. The van der Waals surface area contributed by atoms with Crippen LogP contribution in [0.1, 0.15) is 0 Å². The number of fused-ring (bicyclic) bond motifs is 1. The third-order valence-electron chi connectivity index (χ3n) is 1.92. The fraction of sp³-hybridized carbons (Fsp3) is 0. The molecule has 0 radical (unpaired) electrons. The Morgan fingerprint density at radius 2 is 2.29 bits per heavy atom. The Hall–Kier alpha value is -1.27. The molecule has 0 aliphatic rings. The molecule has 0 atom stereocenters. The van der Waals surface area contributed by atoms with Crippen molar-refractivity contribution in [2.24, 2.45) is 0 Å². The summed E-state index contributed by atoms with van der Waals surface area (Å²) in [7, 11) is 0. The maximum absolute atomic E-state index is 10.7. The number of nitrogen functional groups attached to an aromatic ring is 1. The Kier molecular flexibility index (Phi) is 2.09. The second-order valence-electron chi connectivity index (χ2n) is 2.75. The van der Waals surface area contributed by atoms with Crippen LogP contribution in [0.15, 0.2) is 22.4 Å². The molecular formula is C8H6N2O2S2. The largest absolute Gasteiger partial charge is 0.393 e. The van der Waals surface area contributed by atoms with E-state index in [9.17, 15) is 10.1 Å². The number of hydrogen-bond donors (Lipinski definition) is 2. The first-order chi connectivity index (χ1) is 6.61. The van der Waals surface area contributed by atoms with E-state index in [0.717, 1.165) is 10.1 Å². The quantitative estimate of drug-likeness (QED) is 0.340. The van der Waals surface area contributed by atoms with E-state index in [1.807, 2.05) is 5.38 Å². The molecule has 0 bridgehead atoms. The predicted octanol–water partition coefficient (Wildman–Crippen LogP) is 2.68. The van der Waals surface area contributed by atoms with E-state index in [-0.39, 0.29) is 11.4 Å². The number of hydrogen-bond acceptors (Lipinski definition) is 5. The van der Waals surface area contributed by atoms with Crippen LogP contribution in [0, 0.1) is 10.1 Å². The number of nitrogens with zero attached hydrogens (tertiary/aromatic N) is 1. The lowest BCUT2D eigenvalue weighted by atomic mass is 10.2. The smallest absolute Gasteiger partial charge is 0.305 e. The van der Waals surface area contributed by atoms with Gasteiger partial charge in [-0.1, -0.05) is 0 Å². The molecule has 6 heteroatoms. The number of anilines is 1. The van der Waals surface area contributed by atoms with Crippen molar-refractivity contribution in [1.82, 2.24) is 0 Å². The van der Waals surface area contributed by atoms with Crippen LogP contribution < -0.4 is 5.73 Å². The Balaban J connectivity index is 2.89. The topological polar surface area (TPSA) is 69.2 Å². The number of nitrogens with two attached hydrogens (primary N) is 1. The number of thiol groups is 1. The first kappa shape index (κ1) is 9.29. The summed E-state index contributed by atoms with van der Waals surface area (Å²) in [5.41, 5.74) is 5.61. The standard InChI is InChI=1S/C8H6N2O2S2/c9-5-3-6-4(1-2-14-6)8(13)7(5)10(11)12/h1-3,13H,9H2. The van der Waals surface area contributed by atoms with Crippen LogP contribution in [0.25, 0.3) is 10.1 Å². The Bertz CT molecular complexity index is 521. The Labute approximate surface area is 88.9 Å². The van der Waals surface area contributed by atoms with E-state index in [1.54, 1.807) is 12.1 Å². The van der Waals surface area contributed by atoms with E-state index in [1.165, 1.54) is 11.3 Å². The van der Waals surface area contributed by atoms with E-state index < -0.39 is 4.92 Å². The minimum Gasteiger partial charge on any atom is -0.393 e. The molecule has 1 heterocycles. The Morgan fingerprint density at radius 1 is 1.57 bits per heavy atom. The van der Waals surface area contributed by atoms with Crippen molar-refractivity contribution in [3.8, 4) is 0 Å². The van der Waals surface area contributed by atoms with Gasteiger partial charge in [-0.2, -0.15) is 0 Å². The van der Waals surface area contributed by atoms with Crippen LogP contribution in [-0.2, 0) is 0 Å². The van der Waals surface area contributed by atoms with Gasteiger partial charge in [-0.25, -0.2) is 0 Å². The van der Waals surface area contributed by atoms with Crippen molar-refractivity contribution >= 4 is 45.4 Å². The van der Waals surface area contributed by atoms with Crippen molar-refractivity contribution in [2.75, 3.05) is 5.73 Å². The minimum absolute atomic E-state index is 0.112. The highest BCUT2D eigenvalue weighted by molar-refractivity contribution is 7.80. The van der Waals surface area contributed by atoms with E-state index >= 15 is 0 Å². The highest BCUT2D eigenvalue weighted by atomic mass is 32.1. The van der Waals surface area contributed by atoms with E-state index in [2.05, 4.69) is 12.6 Å². The number of nitro benzene ring substituents is 1. The van der Waals surface area contributed by atoms with Gasteiger partial charge in [0.2, 0.25) is 0 Å². The molecule has 1 aromatic carbocycles. The molecule has 0 unspecified atom stereocenters. The Morgan fingerprint density at radius 3 is 2.93 bits per heavy atom. The molecule has 1 aromatic heterocycles. The van der Waals surface area contributed by atoms with Gasteiger partial charge in [0, 0.05) is 10.1 Å². The monoisotopic (exact) mass is 226 g/mol. The average Bonchev–Trinajstić information content (AvgIpc) is 2.50. The molecule has 0 saturated carbocycles. The molecule has 2 aromatic rings. The summed E-state index contributed by atoms with van der Waals surface area (Å²) in [6, 6.07) is 3.41. The molecule has 4 nitrogen and oxygen atoms in total. The lowest BCUT2D eigenvalue weighted by Crippen LogP contribution is -1.96. The van der Waals surface area contributed by atoms with Gasteiger partial charge in [0.15, 0.2) is 0 Å². The highest BCUT2D eigenvalue weighted by Gasteiger charge is 2.19. The zero-order valence-electron chi connectivity index (χ0n) is 6.93. The SMILES string of the molecule is Nc1cc2sccc2c(S)c1[N+](=O)[O-]. The summed E-state index contributed by atoms with van der Waals surface area (Å²) in [5.74, 6) is 0. The van der Waals surface area contributed by atoms with Gasteiger partial charge in [0.05, 0.1) is 9.82 Å². The lowest BCUT2D eigenvalue weighted by Gasteiger charge is -2.01. The molecule has 0 aliphatic heterocycles. The van der Waals surface area contributed by atoms with Crippen LogP contribution in [0.4, 0.5) is 11.4 Å². The van der Waals surface area contributed by atoms with Crippen LogP contribution in [0.2, 0.25) is 0 Å². The van der Waals surface area contributed by atoms with Crippen molar-refractivity contribution < 1.29 is 4.92 Å². The number of rotatable bonds is 1.